The molecule has 3 aliphatic rings. The summed E-state index contributed by atoms with van der Waals surface area (Å²) in [6.45, 7) is 13.2. The van der Waals surface area contributed by atoms with Crippen LogP contribution in [0.4, 0.5) is 0 Å². The van der Waals surface area contributed by atoms with Gasteiger partial charge < -0.3 is 20.3 Å². The van der Waals surface area contributed by atoms with Gasteiger partial charge in [0.25, 0.3) is 0 Å². The molecule has 180 valence electrons. The monoisotopic (exact) mass is 549 g/mol. The summed E-state index contributed by atoms with van der Waals surface area (Å²) in [6.07, 6.45) is 7.36. The summed E-state index contributed by atoms with van der Waals surface area (Å²) in [6, 6.07) is 0.273. The molecule has 2 heterocycles. The van der Waals surface area contributed by atoms with Gasteiger partial charge in [0, 0.05) is 57.3 Å². The first-order chi connectivity index (χ1) is 14.3. The molecular weight excluding hydrogens is 505 g/mol. The van der Waals surface area contributed by atoms with Crippen molar-refractivity contribution in [3.05, 3.63) is 0 Å². The third-order valence-electron chi connectivity index (χ3n) is 6.98. The second-order valence-corrected chi connectivity index (χ2v) is 10.1. The van der Waals surface area contributed by atoms with Crippen molar-refractivity contribution in [1.29, 1.82) is 0 Å². The van der Waals surface area contributed by atoms with Crippen LogP contribution < -0.4 is 10.6 Å². The van der Waals surface area contributed by atoms with Crippen LogP contribution in [0.15, 0.2) is 4.99 Å². The summed E-state index contributed by atoms with van der Waals surface area (Å²) in [5.74, 6) is 1.46. The van der Waals surface area contributed by atoms with E-state index in [0.29, 0.717) is 5.91 Å². The number of likely N-dealkylation sites (tertiary alicyclic amines) is 1. The molecule has 1 saturated carbocycles. The third kappa shape index (κ3) is 7.45. The molecule has 2 aliphatic heterocycles. The smallest absolute Gasteiger partial charge is 0.225 e. The van der Waals surface area contributed by atoms with Crippen molar-refractivity contribution >= 4 is 35.8 Å². The van der Waals surface area contributed by atoms with Crippen LogP contribution >= 0.6 is 24.0 Å². The van der Waals surface area contributed by atoms with Crippen molar-refractivity contribution in [3.8, 4) is 0 Å². The van der Waals surface area contributed by atoms with Crippen LogP contribution in [0.3, 0.4) is 0 Å². The first-order valence-corrected chi connectivity index (χ1v) is 11.9. The van der Waals surface area contributed by atoms with E-state index in [9.17, 15) is 4.79 Å². The second kappa shape index (κ2) is 12.0. The summed E-state index contributed by atoms with van der Waals surface area (Å²) in [5, 5.41) is 7.07. The molecular formula is C23H44IN5O2. The molecule has 0 bridgehead atoms. The Morgan fingerprint density at radius 1 is 1.06 bits per heavy atom. The van der Waals surface area contributed by atoms with E-state index in [0.717, 1.165) is 57.9 Å². The Bertz CT molecular complexity index is 599. The maximum Gasteiger partial charge on any atom is 0.225 e. The number of amides is 1. The van der Waals surface area contributed by atoms with Crippen molar-refractivity contribution < 1.29 is 9.53 Å². The topological polar surface area (TPSA) is 69.2 Å². The summed E-state index contributed by atoms with van der Waals surface area (Å²) >= 11 is 0. The highest BCUT2D eigenvalue weighted by atomic mass is 127. The Labute approximate surface area is 206 Å². The molecule has 8 heteroatoms. The zero-order valence-electron chi connectivity index (χ0n) is 20.2. The minimum absolute atomic E-state index is 0. The number of halogens is 1. The standard InChI is InChI=1S/C23H43N5O2.HI/c1-17-13-28(14-18(2)30-17)23(3,4)16-25-22(24-5)26-20-11-12-27(15-20)21(29)19-9-7-6-8-10-19;/h17-20H,6-16H2,1-5H3,(H2,24,25,26);1H. The fourth-order valence-electron chi connectivity index (χ4n) is 5.16. The third-order valence-corrected chi connectivity index (χ3v) is 6.98. The normalized spacial score (nSPS) is 28.9. The largest absolute Gasteiger partial charge is 0.373 e. The molecule has 3 atom stereocenters. The van der Waals surface area contributed by atoms with Crippen molar-refractivity contribution in [1.82, 2.24) is 20.4 Å². The lowest BCUT2D eigenvalue weighted by atomic mass is 9.88. The van der Waals surface area contributed by atoms with Gasteiger partial charge >= 0.3 is 0 Å². The minimum atomic E-state index is 0. The molecule has 0 aromatic carbocycles. The van der Waals surface area contributed by atoms with Gasteiger partial charge in [-0.2, -0.15) is 0 Å². The molecule has 0 aromatic heterocycles. The Balaban J connectivity index is 0.00000341. The van der Waals surface area contributed by atoms with E-state index in [2.05, 4.69) is 53.1 Å². The van der Waals surface area contributed by atoms with Crippen molar-refractivity contribution in [2.45, 2.75) is 90.0 Å². The highest BCUT2D eigenvalue weighted by Crippen LogP contribution is 2.27. The molecule has 1 amide bonds. The van der Waals surface area contributed by atoms with Crippen LogP contribution in [0, 0.1) is 5.92 Å². The molecule has 0 aromatic rings. The predicted octanol–water partition coefficient (Wildman–Crippen LogP) is 2.84. The SMILES string of the molecule is CN=C(NCC(C)(C)N1CC(C)OC(C)C1)NC1CCN(C(=O)C2CCCCC2)C1.I. The zero-order chi connectivity index (χ0) is 21.7. The van der Waals surface area contributed by atoms with E-state index in [1.807, 2.05) is 7.05 Å². The van der Waals surface area contributed by atoms with E-state index in [1.54, 1.807) is 0 Å². The van der Waals surface area contributed by atoms with Crippen molar-refractivity contribution in [3.63, 3.8) is 0 Å². The number of hydrogen-bond acceptors (Lipinski definition) is 4. The number of nitrogens with zero attached hydrogens (tertiary/aromatic N) is 3. The van der Waals surface area contributed by atoms with Gasteiger partial charge in [0.15, 0.2) is 5.96 Å². The minimum Gasteiger partial charge on any atom is -0.373 e. The Kier molecular flexibility index (Phi) is 10.3. The number of ether oxygens (including phenoxy) is 1. The van der Waals surface area contributed by atoms with Crippen LogP contribution in [-0.2, 0) is 9.53 Å². The van der Waals surface area contributed by atoms with Crippen LogP contribution in [0.1, 0.15) is 66.2 Å². The first kappa shape index (κ1) is 26.6. The average molecular weight is 550 g/mol. The highest BCUT2D eigenvalue weighted by Gasteiger charge is 2.34. The van der Waals surface area contributed by atoms with Gasteiger partial charge in [-0.25, -0.2) is 0 Å². The van der Waals surface area contributed by atoms with E-state index < -0.39 is 0 Å². The summed E-state index contributed by atoms with van der Waals surface area (Å²) < 4.78 is 5.89. The van der Waals surface area contributed by atoms with E-state index >= 15 is 0 Å². The number of guanidine groups is 1. The van der Waals surface area contributed by atoms with Crippen LogP contribution in [0.5, 0.6) is 0 Å². The number of morpholine rings is 1. The van der Waals surface area contributed by atoms with E-state index in [-0.39, 0.29) is 53.7 Å². The Morgan fingerprint density at radius 2 is 1.71 bits per heavy atom. The van der Waals surface area contributed by atoms with Gasteiger partial charge in [0.2, 0.25) is 5.91 Å². The molecule has 7 nitrogen and oxygen atoms in total. The molecule has 3 unspecified atom stereocenters. The van der Waals surface area contributed by atoms with Gasteiger partial charge in [-0.05, 0) is 47.0 Å². The lowest BCUT2D eigenvalue weighted by Gasteiger charge is -2.45. The van der Waals surface area contributed by atoms with Gasteiger partial charge in [-0.3, -0.25) is 14.7 Å². The number of carbonyl (C=O) groups excluding carboxylic acids is 1. The fourth-order valence-corrected chi connectivity index (χ4v) is 5.16. The zero-order valence-corrected chi connectivity index (χ0v) is 22.5. The summed E-state index contributed by atoms with van der Waals surface area (Å²) in [7, 11) is 1.82. The lowest BCUT2D eigenvalue weighted by molar-refractivity contribution is -0.135. The van der Waals surface area contributed by atoms with E-state index in [1.165, 1.54) is 19.3 Å². The van der Waals surface area contributed by atoms with E-state index in [4.69, 9.17) is 4.74 Å². The molecule has 2 saturated heterocycles. The van der Waals surface area contributed by atoms with Crippen molar-refractivity contribution in [2.24, 2.45) is 10.9 Å². The van der Waals surface area contributed by atoms with Gasteiger partial charge in [0.1, 0.15) is 0 Å². The summed E-state index contributed by atoms with van der Waals surface area (Å²) in [4.78, 5) is 21.8. The molecule has 3 fully saturated rings. The highest BCUT2D eigenvalue weighted by molar-refractivity contribution is 14.0. The Morgan fingerprint density at radius 3 is 2.32 bits per heavy atom. The van der Waals surface area contributed by atoms with Crippen molar-refractivity contribution in [2.75, 3.05) is 39.8 Å². The predicted molar refractivity (Wildman–Crippen MR) is 137 cm³/mol. The van der Waals surface area contributed by atoms with Gasteiger partial charge in [-0.1, -0.05) is 19.3 Å². The number of nitrogens with one attached hydrogen (secondary N) is 2. The fraction of sp³-hybridized carbons (Fsp3) is 0.913. The average Bonchev–Trinajstić information content (AvgIpc) is 3.19. The van der Waals surface area contributed by atoms with Gasteiger partial charge in [0.05, 0.1) is 12.2 Å². The molecule has 31 heavy (non-hydrogen) atoms. The first-order valence-electron chi connectivity index (χ1n) is 11.9. The molecule has 3 rings (SSSR count). The second-order valence-electron chi connectivity index (χ2n) is 10.1. The number of hydrogen-bond donors (Lipinski definition) is 2. The maximum atomic E-state index is 12.8. The lowest BCUT2D eigenvalue weighted by Crippen LogP contribution is -2.59. The van der Waals surface area contributed by atoms with Crippen LogP contribution in [0.2, 0.25) is 0 Å². The molecule has 0 spiro atoms. The summed E-state index contributed by atoms with van der Waals surface area (Å²) in [5.41, 5.74) is 0.00256. The molecule has 1 aliphatic carbocycles. The van der Waals surface area contributed by atoms with Gasteiger partial charge in [-0.15, -0.1) is 24.0 Å². The number of carbonyl (C=O) groups is 1. The molecule has 2 N–H and O–H groups in total. The number of aliphatic imine (C=N–C) groups is 1. The quantitative estimate of drug-likeness (QED) is 0.314. The number of rotatable bonds is 5. The maximum absolute atomic E-state index is 12.8. The van der Waals surface area contributed by atoms with Crippen LogP contribution in [-0.4, -0.2) is 85.2 Å². The Hall–Kier alpha value is -0.610. The molecule has 0 radical (unpaired) electrons. The van der Waals surface area contributed by atoms with Crippen LogP contribution in [0.25, 0.3) is 0 Å².